The SMILES string of the molecule is NS(=O)(=O)Nc1cccc(NS(=O)(=O)c2cc(C(=O)O)cc3c2CCC3)c1. The number of fused-ring (bicyclic) bond motifs is 1. The Morgan fingerprint density at radius 2 is 1.67 bits per heavy atom. The number of benzene rings is 2. The number of sulfonamides is 1. The highest BCUT2D eigenvalue weighted by Crippen LogP contribution is 2.31. The monoisotopic (exact) mass is 411 g/mol. The summed E-state index contributed by atoms with van der Waals surface area (Å²) in [6.07, 6.45) is 1.90. The average Bonchev–Trinajstić information content (AvgIpc) is 3.00. The lowest BCUT2D eigenvalue weighted by atomic mass is 10.1. The van der Waals surface area contributed by atoms with Crippen LogP contribution in [-0.2, 0) is 33.1 Å². The Bertz CT molecular complexity index is 1130. The Hall–Kier alpha value is -2.63. The number of aryl methyl sites for hydroxylation is 1. The quantitative estimate of drug-likeness (QED) is 0.561. The molecule has 0 saturated heterocycles. The van der Waals surface area contributed by atoms with Crippen LogP contribution in [0.1, 0.15) is 27.9 Å². The number of hydrogen-bond acceptors (Lipinski definition) is 5. The van der Waals surface area contributed by atoms with Crippen molar-refractivity contribution < 1.29 is 26.7 Å². The molecule has 0 unspecified atom stereocenters. The number of carbonyl (C=O) groups is 1. The molecule has 5 N–H and O–H groups in total. The number of nitrogens with one attached hydrogen (secondary N) is 2. The summed E-state index contributed by atoms with van der Waals surface area (Å²) in [6, 6.07) is 8.20. The first-order valence-electron chi connectivity index (χ1n) is 7.88. The standard InChI is InChI=1S/C16H17N3O6S2/c17-27(24,25)19-13-5-2-4-12(9-13)18-26(22,23)15-8-11(16(20)21)7-10-3-1-6-14(10)15/h2,4-5,7-9,18-19H,1,3,6H2,(H,20,21)(H2,17,24,25). The van der Waals surface area contributed by atoms with Gasteiger partial charge in [-0.25, -0.2) is 18.4 Å². The zero-order valence-corrected chi connectivity index (χ0v) is 15.6. The number of carboxylic acid groups (broad SMARTS) is 1. The molecule has 144 valence electrons. The Morgan fingerprint density at radius 1 is 1.00 bits per heavy atom. The molecule has 11 heteroatoms. The van der Waals surface area contributed by atoms with Gasteiger partial charge >= 0.3 is 5.97 Å². The van der Waals surface area contributed by atoms with Crippen molar-refractivity contribution >= 4 is 37.6 Å². The van der Waals surface area contributed by atoms with Crippen LogP contribution in [0.3, 0.4) is 0 Å². The summed E-state index contributed by atoms with van der Waals surface area (Å²) in [4.78, 5) is 11.2. The minimum Gasteiger partial charge on any atom is -0.478 e. The maximum absolute atomic E-state index is 12.9. The summed E-state index contributed by atoms with van der Waals surface area (Å²) in [6.45, 7) is 0. The average molecular weight is 411 g/mol. The summed E-state index contributed by atoms with van der Waals surface area (Å²) < 4.78 is 52.4. The molecule has 0 aliphatic heterocycles. The van der Waals surface area contributed by atoms with Crippen molar-refractivity contribution in [1.82, 2.24) is 0 Å². The molecule has 3 rings (SSSR count). The van der Waals surface area contributed by atoms with Gasteiger partial charge in [-0.1, -0.05) is 6.07 Å². The fourth-order valence-electron chi connectivity index (χ4n) is 3.05. The number of anilines is 2. The first kappa shape index (κ1) is 19.1. The van der Waals surface area contributed by atoms with Crippen LogP contribution in [0.2, 0.25) is 0 Å². The maximum Gasteiger partial charge on any atom is 0.335 e. The van der Waals surface area contributed by atoms with Gasteiger partial charge < -0.3 is 5.11 Å². The molecule has 0 bridgehead atoms. The van der Waals surface area contributed by atoms with Crippen molar-refractivity contribution in [3.05, 3.63) is 53.1 Å². The minimum absolute atomic E-state index is 0.0836. The van der Waals surface area contributed by atoms with E-state index in [0.717, 1.165) is 12.5 Å². The topological polar surface area (TPSA) is 156 Å². The lowest BCUT2D eigenvalue weighted by Crippen LogP contribution is -2.22. The van der Waals surface area contributed by atoms with E-state index < -0.39 is 26.2 Å². The van der Waals surface area contributed by atoms with Gasteiger partial charge in [0.15, 0.2) is 0 Å². The molecule has 2 aromatic carbocycles. The highest BCUT2D eigenvalue weighted by Gasteiger charge is 2.26. The van der Waals surface area contributed by atoms with E-state index in [1.807, 2.05) is 0 Å². The largest absolute Gasteiger partial charge is 0.478 e. The van der Waals surface area contributed by atoms with Crippen LogP contribution in [0.5, 0.6) is 0 Å². The molecular weight excluding hydrogens is 394 g/mol. The van der Waals surface area contributed by atoms with E-state index in [0.29, 0.717) is 24.0 Å². The normalized spacial score (nSPS) is 13.8. The molecule has 0 aromatic heterocycles. The smallest absolute Gasteiger partial charge is 0.335 e. The Labute approximate surface area is 156 Å². The predicted octanol–water partition coefficient (Wildman–Crippen LogP) is 1.29. The highest BCUT2D eigenvalue weighted by molar-refractivity contribution is 7.92. The van der Waals surface area contributed by atoms with Gasteiger partial charge in [-0.05, 0) is 60.7 Å². The van der Waals surface area contributed by atoms with Gasteiger partial charge in [0.1, 0.15) is 0 Å². The van der Waals surface area contributed by atoms with E-state index in [1.165, 1.54) is 30.3 Å². The third kappa shape index (κ3) is 4.38. The van der Waals surface area contributed by atoms with Crippen LogP contribution < -0.4 is 14.6 Å². The Kier molecular flexibility index (Phi) is 4.84. The molecule has 0 spiro atoms. The highest BCUT2D eigenvalue weighted by atomic mass is 32.2. The van der Waals surface area contributed by atoms with Crippen molar-refractivity contribution in [2.24, 2.45) is 5.14 Å². The lowest BCUT2D eigenvalue weighted by molar-refractivity contribution is 0.0696. The van der Waals surface area contributed by atoms with E-state index in [4.69, 9.17) is 5.14 Å². The van der Waals surface area contributed by atoms with E-state index >= 15 is 0 Å². The molecular formula is C16H17N3O6S2. The Balaban J connectivity index is 1.99. The van der Waals surface area contributed by atoms with Crippen LogP contribution in [0, 0.1) is 0 Å². The van der Waals surface area contributed by atoms with E-state index in [9.17, 15) is 26.7 Å². The summed E-state index contributed by atoms with van der Waals surface area (Å²) in [5.41, 5.74) is 1.41. The second-order valence-corrected chi connectivity index (χ2v) is 9.05. The zero-order chi connectivity index (χ0) is 19.8. The fourth-order valence-corrected chi connectivity index (χ4v) is 4.89. The van der Waals surface area contributed by atoms with Gasteiger partial charge in [0.25, 0.3) is 20.2 Å². The maximum atomic E-state index is 12.9. The van der Waals surface area contributed by atoms with Crippen molar-refractivity contribution in [3.63, 3.8) is 0 Å². The molecule has 0 saturated carbocycles. The van der Waals surface area contributed by atoms with E-state index in [-0.39, 0.29) is 21.8 Å². The second kappa shape index (κ2) is 6.83. The molecule has 2 aromatic rings. The van der Waals surface area contributed by atoms with Crippen LogP contribution in [0.25, 0.3) is 0 Å². The molecule has 0 heterocycles. The van der Waals surface area contributed by atoms with Gasteiger partial charge in [-0.3, -0.25) is 9.44 Å². The number of hydrogen-bond donors (Lipinski definition) is 4. The van der Waals surface area contributed by atoms with Crippen LogP contribution in [-0.4, -0.2) is 27.9 Å². The third-order valence-corrected chi connectivity index (χ3v) is 6.05. The van der Waals surface area contributed by atoms with E-state index in [2.05, 4.69) is 9.44 Å². The molecule has 9 nitrogen and oxygen atoms in total. The van der Waals surface area contributed by atoms with Gasteiger partial charge in [0.2, 0.25) is 0 Å². The van der Waals surface area contributed by atoms with Crippen molar-refractivity contribution in [2.45, 2.75) is 24.2 Å². The van der Waals surface area contributed by atoms with Gasteiger partial charge in [0, 0.05) is 0 Å². The van der Waals surface area contributed by atoms with Crippen molar-refractivity contribution in [1.29, 1.82) is 0 Å². The van der Waals surface area contributed by atoms with Gasteiger partial charge in [0.05, 0.1) is 21.8 Å². The molecule has 27 heavy (non-hydrogen) atoms. The van der Waals surface area contributed by atoms with Crippen LogP contribution in [0.15, 0.2) is 41.3 Å². The summed E-state index contributed by atoms with van der Waals surface area (Å²) in [7, 11) is -8.08. The molecule has 1 aliphatic carbocycles. The first-order valence-corrected chi connectivity index (χ1v) is 10.9. The third-order valence-electron chi connectivity index (χ3n) is 4.09. The van der Waals surface area contributed by atoms with Crippen molar-refractivity contribution in [2.75, 3.05) is 9.44 Å². The molecule has 0 atom stereocenters. The second-order valence-electron chi connectivity index (χ2n) is 6.10. The molecule has 0 radical (unpaired) electrons. The molecule has 1 aliphatic rings. The zero-order valence-electron chi connectivity index (χ0n) is 14.0. The molecule has 0 fully saturated rings. The van der Waals surface area contributed by atoms with Gasteiger partial charge in [-0.2, -0.15) is 8.42 Å². The summed E-state index contributed by atoms with van der Waals surface area (Å²) >= 11 is 0. The van der Waals surface area contributed by atoms with Gasteiger partial charge in [-0.15, -0.1) is 0 Å². The van der Waals surface area contributed by atoms with Crippen LogP contribution in [0.4, 0.5) is 11.4 Å². The number of rotatable bonds is 6. The lowest BCUT2D eigenvalue weighted by Gasteiger charge is -2.14. The number of carboxylic acids is 1. The number of aromatic carboxylic acids is 1. The van der Waals surface area contributed by atoms with Crippen molar-refractivity contribution in [3.8, 4) is 0 Å². The van der Waals surface area contributed by atoms with Crippen LogP contribution >= 0.6 is 0 Å². The fraction of sp³-hybridized carbons (Fsp3) is 0.188. The Morgan fingerprint density at radius 3 is 2.30 bits per heavy atom. The predicted molar refractivity (Wildman–Crippen MR) is 99.4 cm³/mol. The minimum atomic E-state index is -4.08. The summed E-state index contributed by atoms with van der Waals surface area (Å²) in [5, 5.41) is 14.2. The summed E-state index contributed by atoms with van der Waals surface area (Å²) in [5.74, 6) is -1.21. The molecule has 0 amide bonds. The first-order chi connectivity index (χ1) is 12.5. The van der Waals surface area contributed by atoms with E-state index in [1.54, 1.807) is 0 Å². The number of nitrogens with two attached hydrogens (primary N) is 1.